The Labute approximate surface area is 207 Å². The Balaban J connectivity index is 1.39. The number of nitrogens with one attached hydrogen (secondary N) is 2. The summed E-state index contributed by atoms with van der Waals surface area (Å²) in [6.07, 6.45) is -3.70. The number of anilines is 3. The summed E-state index contributed by atoms with van der Waals surface area (Å²) >= 11 is 1.12. The summed E-state index contributed by atoms with van der Waals surface area (Å²) in [6, 6.07) is 7.30. The molecule has 1 aliphatic rings. The zero-order valence-electron chi connectivity index (χ0n) is 19.2. The minimum absolute atomic E-state index is 0.0658. The van der Waals surface area contributed by atoms with Crippen LogP contribution in [0.15, 0.2) is 36.5 Å². The van der Waals surface area contributed by atoms with Crippen molar-refractivity contribution < 1.29 is 32.2 Å². The monoisotopic (exact) mass is 525 g/mol. The summed E-state index contributed by atoms with van der Waals surface area (Å²) in [5.41, 5.74) is 0.103. The fourth-order valence-corrected chi connectivity index (χ4v) is 4.40. The molecule has 0 aliphatic carbocycles. The van der Waals surface area contributed by atoms with Crippen molar-refractivity contribution in [3.8, 4) is 11.5 Å². The van der Waals surface area contributed by atoms with E-state index in [-0.39, 0.29) is 22.5 Å². The summed E-state index contributed by atoms with van der Waals surface area (Å²) in [5, 5.41) is 22.6. The maximum Gasteiger partial charge on any atom is 0.573 e. The summed E-state index contributed by atoms with van der Waals surface area (Å²) in [5.74, 6) is -0.336. The highest BCUT2D eigenvalue weighted by atomic mass is 32.1. The molecule has 2 aromatic heterocycles. The molecule has 0 spiro atoms. The van der Waals surface area contributed by atoms with Crippen LogP contribution in [0.25, 0.3) is 0 Å². The Bertz CT molecular complexity index is 1180. The highest BCUT2D eigenvalue weighted by Crippen LogP contribution is 2.32. The number of alkyl halides is 3. The molecule has 2 atom stereocenters. The second-order valence-electron chi connectivity index (χ2n) is 7.66. The standard InChI is InChI=1S/C21H22F3N7O4S/c1-33-14-8-12(9-15(10-14)35-21(22,23)24)17(34-2)18(32)27-20-30-29-19(36-20)26-13-5-7-31(11-13)16-4-3-6-25-28-16/h3-4,6,8-10,13,17H,5,7,11H2,1-2H3,(H,26,29)(H,27,30,32)/t13-,17?/m1/s1. The SMILES string of the molecule is COc1cc(OC(F)(F)F)cc(C(OC)C(=O)Nc2nnc(N[C@@H]3CCN(c4cccnn4)C3)s2)c1. The Morgan fingerprint density at radius 3 is 2.64 bits per heavy atom. The lowest BCUT2D eigenvalue weighted by atomic mass is 10.1. The van der Waals surface area contributed by atoms with Gasteiger partial charge in [-0.05, 0) is 36.2 Å². The van der Waals surface area contributed by atoms with Crippen molar-refractivity contribution in [1.29, 1.82) is 0 Å². The molecule has 1 saturated heterocycles. The number of benzene rings is 1. The van der Waals surface area contributed by atoms with Gasteiger partial charge < -0.3 is 24.4 Å². The van der Waals surface area contributed by atoms with Crippen LogP contribution in [0.2, 0.25) is 0 Å². The summed E-state index contributed by atoms with van der Waals surface area (Å²) in [7, 11) is 2.54. The fraction of sp³-hybridized carbons (Fsp3) is 0.381. The smallest absolute Gasteiger partial charge is 0.497 e. The Morgan fingerprint density at radius 1 is 1.17 bits per heavy atom. The van der Waals surface area contributed by atoms with E-state index in [1.165, 1.54) is 20.3 Å². The van der Waals surface area contributed by atoms with Crippen molar-refractivity contribution in [2.45, 2.75) is 24.9 Å². The van der Waals surface area contributed by atoms with Crippen molar-refractivity contribution >= 4 is 33.3 Å². The topological polar surface area (TPSA) is 124 Å². The molecule has 0 bridgehead atoms. The molecular weight excluding hydrogens is 503 g/mol. The number of amides is 1. The lowest BCUT2D eigenvalue weighted by Crippen LogP contribution is -2.26. The molecule has 2 N–H and O–H groups in total. The van der Waals surface area contributed by atoms with Crippen molar-refractivity contribution in [2.24, 2.45) is 0 Å². The average Bonchev–Trinajstić information content (AvgIpc) is 3.48. The zero-order chi connectivity index (χ0) is 25.7. The van der Waals surface area contributed by atoms with E-state index in [1.54, 1.807) is 6.20 Å². The summed E-state index contributed by atoms with van der Waals surface area (Å²) < 4.78 is 52.3. The van der Waals surface area contributed by atoms with E-state index in [1.807, 2.05) is 12.1 Å². The third kappa shape index (κ3) is 6.48. The number of ether oxygens (including phenoxy) is 3. The number of carbonyl (C=O) groups is 1. The first-order valence-corrected chi connectivity index (χ1v) is 11.5. The normalized spacial score (nSPS) is 16.5. The molecule has 1 amide bonds. The Hall–Kier alpha value is -3.72. The van der Waals surface area contributed by atoms with Crippen LogP contribution in [0.1, 0.15) is 18.1 Å². The van der Waals surface area contributed by atoms with Gasteiger partial charge in [-0.2, -0.15) is 5.10 Å². The zero-order valence-corrected chi connectivity index (χ0v) is 20.0. The first kappa shape index (κ1) is 25.4. The van der Waals surface area contributed by atoms with Crippen molar-refractivity contribution in [2.75, 3.05) is 42.8 Å². The lowest BCUT2D eigenvalue weighted by molar-refractivity contribution is -0.274. The van der Waals surface area contributed by atoms with Gasteiger partial charge in [-0.3, -0.25) is 10.1 Å². The lowest BCUT2D eigenvalue weighted by Gasteiger charge is -2.17. The Kier molecular flexibility index (Phi) is 7.69. The predicted molar refractivity (Wildman–Crippen MR) is 124 cm³/mol. The van der Waals surface area contributed by atoms with Crippen LogP contribution in [-0.2, 0) is 9.53 Å². The Morgan fingerprint density at radius 2 is 1.94 bits per heavy atom. The van der Waals surface area contributed by atoms with E-state index in [0.29, 0.717) is 11.7 Å². The van der Waals surface area contributed by atoms with E-state index in [9.17, 15) is 18.0 Å². The molecule has 4 rings (SSSR count). The first-order chi connectivity index (χ1) is 17.2. The minimum Gasteiger partial charge on any atom is -0.497 e. The van der Waals surface area contributed by atoms with Crippen LogP contribution in [0.4, 0.5) is 29.3 Å². The molecule has 15 heteroatoms. The van der Waals surface area contributed by atoms with Crippen LogP contribution >= 0.6 is 11.3 Å². The van der Waals surface area contributed by atoms with Gasteiger partial charge in [-0.25, -0.2) is 0 Å². The van der Waals surface area contributed by atoms with Crippen LogP contribution in [0.5, 0.6) is 11.5 Å². The first-order valence-electron chi connectivity index (χ1n) is 10.6. The molecule has 3 aromatic rings. The quantitative estimate of drug-likeness (QED) is 0.430. The van der Waals surface area contributed by atoms with E-state index >= 15 is 0 Å². The highest BCUT2D eigenvalue weighted by molar-refractivity contribution is 7.19. The molecule has 1 fully saturated rings. The maximum atomic E-state index is 12.9. The number of hydrogen-bond acceptors (Lipinski definition) is 11. The van der Waals surface area contributed by atoms with Crippen molar-refractivity contribution in [3.63, 3.8) is 0 Å². The van der Waals surface area contributed by atoms with Gasteiger partial charge in [0.1, 0.15) is 11.5 Å². The fourth-order valence-electron chi connectivity index (χ4n) is 3.68. The highest BCUT2D eigenvalue weighted by Gasteiger charge is 2.32. The number of hydrogen-bond donors (Lipinski definition) is 2. The van der Waals surface area contributed by atoms with E-state index in [4.69, 9.17) is 9.47 Å². The van der Waals surface area contributed by atoms with E-state index in [0.717, 1.165) is 42.3 Å². The number of halogens is 3. The van der Waals surface area contributed by atoms with Crippen molar-refractivity contribution in [3.05, 3.63) is 42.1 Å². The average molecular weight is 526 g/mol. The molecule has 36 heavy (non-hydrogen) atoms. The van der Waals surface area contributed by atoms with E-state index < -0.39 is 24.1 Å². The second kappa shape index (κ2) is 10.9. The van der Waals surface area contributed by atoms with Gasteiger partial charge in [-0.15, -0.1) is 28.5 Å². The molecule has 3 heterocycles. The molecule has 0 radical (unpaired) electrons. The van der Waals surface area contributed by atoms with Crippen molar-refractivity contribution in [1.82, 2.24) is 20.4 Å². The number of methoxy groups -OCH3 is 2. The van der Waals surface area contributed by atoms with Gasteiger partial charge in [0.2, 0.25) is 10.3 Å². The van der Waals surface area contributed by atoms with Crippen LogP contribution < -0.4 is 25.0 Å². The third-order valence-electron chi connectivity index (χ3n) is 5.20. The molecule has 0 saturated carbocycles. The summed E-state index contributed by atoms with van der Waals surface area (Å²) in [4.78, 5) is 15.0. The largest absolute Gasteiger partial charge is 0.573 e. The van der Waals surface area contributed by atoms with Gasteiger partial charge in [-0.1, -0.05) is 11.3 Å². The van der Waals surface area contributed by atoms with Crippen LogP contribution in [0, 0.1) is 0 Å². The van der Waals surface area contributed by atoms with Gasteiger partial charge in [0.25, 0.3) is 5.91 Å². The summed E-state index contributed by atoms with van der Waals surface area (Å²) in [6.45, 7) is 1.50. The van der Waals surface area contributed by atoms with Gasteiger partial charge in [0.05, 0.1) is 7.11 Å². The van der Waals surface area contributed by atoms with Crippen LogP contribution in [-0.4, -0.2) is 66.0 Å². The molecule has 1 aromatic carbocycles. The minimum atomic E-state index is -4.91. The molecule has 1 aliphatic heterocycles. The van der Waals surface area contributed by atoms with Gasteiger partial charge in [0.15, 0.2) is 11.9 Å². The number of nitrogens with zero attached hydrogens (tertiary/aromatic N) is 5. The third-order valence-corrected chi connectivity index (χ3v) is 5.97. The van der Waals surface area contributed by atoms with Gasteiger partial charge >= 0.3 is 6.36 Å². The molecular formula is C21H22F3N7O4S. The predicted octanol–water partition coefficient (Wildman–Crippen LogP) is 3.25. The second-order valence-corrected chi connectivity index (χ2v) is 8.64. The molecule has 1 unspecified atom stereocenters. The van der Waals surface area contributed by atoms with E-state index in [2.05, 4.69) is 40.7 Å². The molecule has 192 valence electrons. The maximum absolute atomic E-state index is 12.9. The number of rotatable bonds is 9. The molecule has 11 nitrogen and oxygen atoms in total. The van der Waals surface area contributed by atoms with Crippen LogP contribution in [0.3, 0.4) is 0 Å². The van der Waals surface area contributed by atoms with Gasteiger partial charge in [0, 0.05) is 38.5 Å². The number of carbonyl (C=O) groups excluding carboxylic acids is 1. The number of aromatic nitrogens is 4.